The summed E-state index contributed by atoms with van der Waals surface area (Å²) >= 11 is 2.46. The quantitative estimate of drug-likeness (QED) is 0.154. The fourth-order valence-corrected chi connectivity index (χ4v) is 6.68. The van der Waals surface area contributed by atoms with Gasteiger partial charge in [0.25, 0.3) is 0 Å². The smallest absolute Gasteiger partial charge is 0.140 e. The lowest BCUT2D eigenvalue weighted by atomic mass is 9.89. The summed E-state index contributed by atoms with van der Waals surface area (Å²) in [4.78, 5) is 3.55. The van der Waals surface area contributed by atoms with Crippen LogP contribution in [0.4, 0.5) is 0 Å². The van der Waals surface area contributed by atoms with Crippen molar-refractivity contribution >= 4 is 90.3 Å². The second-order valence-corrected chi connectivity index (χ2v) is 11.3. The Morgan fingerprint density at radius 1 is 0.553 bits per heavy atom. The van der Waals surface area contributed by atoms with Crippen molar-refractivity contribution in [3.63, 3.8) is 0 Å². The number of benzene rings is 6. The van der Waals surface area contributed by atoms with Crippen LogP contribution in [0.5, 0.6) is 0 Å². The van der Waals surface area contributed by atoms with Gasteiger partial charge in [0.05, 0.1) is 16.7 Å². The lowest BCUT2D eigenvalue weighted by molar-refractivity contribution is 1.17. The molecule has 38 heavy (non-hydrogen) atoms. The number of hydrogen-bond donors (Lipinski definition) is 1. The second-order valence-electron chi connectivity index (χ2n) is 10.1. The van der Waals surface area contributed by atoms with Gasteiger partial charge in [0.2, 0.25) is 0 Å². The van der Waals surface area contributed by atoms with Crippen LogP contribution in [0.25, 0.3) is 71.2 Å². The van der Waals surface area contributed by atoms with E-state index in [1.54, 1.807) is 0 Å². The minimum Gasteiger partial charge on any atom is -0.355 e. The molecule has 6 aromatic carbocycles. The Hall–Kier alpha value is -4.03. The van der Waals surface area contributed by atoms with Crippen molar-refractivity contribution < 1.29 is 0 Å². The zero-order chi connectivity index (χ0) is 25.4. The van der Waals surface area contributed by atoms with Crippen molar-refractivity contribution in [2.75, 3.05) is 0 Å². The Labute approximate surface area is 234 Å². The minimum absolute atomic E-state index is 1.17. The molecule has 0 aliphatic carbocycles. The summed E-state index contributed by atoms with van der Waals surface area (Å²) in [6, 6.07) is 42.2. The van der Waals surface area contributed by atoms with Crippen molar-refractivity contribution in [1.29, 1.82) is 0 Å². The van der Waals surface area contributed by atoms with Crippen LogP contribution in [-0.4, -0.2) is 17.4 Å². The maximum absolute atomic E-state index is 3.55. The summed E-state index contributed by atoms with van der Waals surface area (Å²) in [5.41, 5.74) is 9.81. The zero-order valence-corrected chi connectivity index (χ0v) is 23.0. The van der Waals surface area contributed by atoms with Gasteiger partial charge < -0.3 is 9.55 Å². The van der Waals surface area contributed by atoms with Crippen LogP contribution in [0.15, 0.2) is 115 Å². The van der Waals surface area contributed by atoms with Gasteiger partial charge in [-0.05, 0) is 99.1 Å². The summed E-state index contributed by atoms with van der Waals surface area (Å²) in [6.45, 7) is 0. The number of nitrogens with zero attached hydrogens (tertiary/aromatic N) is 1. The predicted octanol–water partition coefficient (Wildman–Crippen LogP) is 8.10. The Morgan fingerprint density at radius 3 is 2.18 bits per heavy atom. The Kier molecular flexibility index (Phi) is 4.77. The van der Waals surface area contributed by atoms with Crippen LogP contribution >= 0.6 is 22.6 Å². The highest BCUT2D eigenvalue weighted by Crippen LogP contribution is 2.38. The topological polar surface area (TPSA) is 20.7 Å². The van der Waals surface area contributed by atoms with Crippen molar-refractivity contribution in [1.82, 2.24) is 9.55 Å². The van der Waals surface area contributed by atoms with Gasteiger partial charge >= 0.3 is 0 Å². The molecule has 4 heteroatoms. The van der Waals surface area contributed by atoms with Crippen LogP contribution in [0.1, 0.15) is 0 Å². The SMILES string of the molecule is Bc1cccc2cc3c4cc(-c5ccc6[nH]c7ccccc7c6c5)ccc4n(-c4ccccc4I)c3cc12. The standard InChI is InChI=1S/C34H22BIN2/c35-28-8-5-6-22-18-27-26-17-21(20-12-14-31-25(16-20)23-7-1-3-10-30(23)37-31)13-15-32(26)38(34(27)19-24(22)28)33-11-4-2-9-29(33)36/h1-19,37H,35H2. The third kappa shape index (κ3) is 3.20. The number of H-pyrrole nitrogens is 1. The van der Waals surface area contributed by atoms with Gasteiger partial charge in [0.15, 0.2) is 0 Å². The molecule has 0 saturated heterocycles. The highest BCUT2D eigenvalue weighted by Gasteiger charge is 2.16. The molecule has 0 bridgehead atoms. The van der Waals surface area contributed by atoms with Crippen molar-refractivity contribution in [2.24, 2.45) is 0 Å². The molecule has 0 radical (unpaired) electrons. The molecule has 178 valence electrons. The van der Waals surface area contributed by atoms with E-state index in [0.717, 1.165) is 0 Å². The molecule has 8 rings (SSSR count). The number of rotatable bonds is 2. The number of para-hydroxylation sites is 2. The van der Waals surface area contributed by atoms with Gasteiger partial charge in [-0.25, -0.2) is 0 Å². The number of nitrogens with one attached hydrogen (secondary N) is 1. The molecule has 1 N–H and O–H groups in total. The molecule has 0 atom stereocenters. The van der Waals surface area contributed by atoms with E-state index in [0.29, 0.717) is 0 Å². The molecule has 0 unspecified atom stereocenters. The molecule has 0 spiro atoms. The van der Waals surface area contributed by atoms with E-state index in [-0.39, 0.29) is 0 Å². The Morgan fingerprint density at radius 2 is 1.29 bits per heavy atom. The monoisotopic (exact) mass is 596 g/mol. The fraction of sp³-hybridized carbons (Fsp3) is 0. The molecule has 8 aromatic rings. The van der Waals surface area contributed by atoms with Crippen LogP contribution in [0.3, 0.4) is 0 Å². The molecular formula is C34H22BIN2. The first kappa shape index (κ1) is 22.0. The fourth-order valence-electron chi connectivity index (χ4n) is 6.05. The van der Waals surface area contributed by atoms with Gasteiger partial charge in [-0.1, -0.05) is 66.1 Å². The van der Waals surface area contributed by atoms with E-state index in [9.17, 15) is 0 Å². The van der Waals surface area contributed by atoms with Crippen LogP contribution in [-0.2, 0) is 0 Å². The van der Waals surface area contributed by atoms with Crippen LogP contribution in [0, 0.1) is 3.57 Å². The van der Waals surface area contributed by atoms with E-state index in [1.165, 1.54) is 80.2 Å². The molecule has 0 aliphatic heterocycles. The molecule has 0 fully saturated rings. The van der Waals surface area contributed by atoms with Gasteiger partial charge in [-0.15, -0.1) is 0 Å². The van der Waals surface area contributed by atoms with Crippen LogP contribution in [0.2, 0.25) is 0 Å². The average molecular weight is 596 g/mol. The summed E-state index contributed by atoms with van der Waals surface area (Å²) in [5, 5.41) is 7.68. The lowest BCUT2D eigenvalue weighted by Crippen LogP contribution is -2.03. The van der Waals surface area contributed by atoms with Crippen molar-refractivity contribution in [3.8, 4) is 16.8 Å². The van der Waals surface area contributed by atoms with Gasteiger partial charge in [-0.3, -0.25) is 0 Å². The van der Waals surface area contributed by atoms with Gasteiger partial charge in [-0.2, -0.15) is 0 Å². The van der Waals surface area contributed by atoms with E-state index < -0.39 is 0 Å². The van der Waals surface area contributed by atoms with Gasteiger partial charge in [0.1, 0.15) is 7.85 Å². The zero-order valence-electron chi connectivity index (χ0n) is 20.8. The summed E-state index contributed by atoms with van der Waals surface area (Å²) < 4.78 is 3.67. The third-order valence-corrected chi connectivity index (χ3v) is 8.83. The highest BCUT2D eigenvalue weighted by molar-refractivity contribution is 14.1. The normalized spacial score (nSPS) is 11.9. The Balaban J connectivity index is 1.44. The predicted molar refractivity (Wildman–Crippen MR) is 174 cm³/mol. The van der Waals surface area contributed by atoms with Gasteiger partial charge in [0, 0.05) is 36.1 Å². The molecule has 2 aromatic heterocycles. The molecule has 0 aliphatic rings. The number of hydrogen-bond acceptors (Lipinski definition) is 0. The first-order valence-corrected chi connectivity index (χ1v) is 14.0. The summed E-state index contributed by atoms with van der Waals surface area (Å²) in [6.07, 6.45) is 0. The summed E-state index contributed by atoms with van der Waals surface area (Å²) in [5.74, 6) is 0. The van der Waals surface area contributed by atoms with Crippen LogP contribution < -0.4 is 5.46 Å². The van der Waals surface area contributed by atoms with Crippen molar-refractivity contribution in [2.45, 2.75) is 0 Å². The molecule has 0 amide bonds. The first-order chi connectivity index (χ1) is 18.7. The first-order valence-electron chi connectivity index (χ1n) is 12.9. The average Bonchev–Trinajstić information content (AvgIpc) is 3.47. The highest BCUT2D eigenvalue weighted by atomic mass is 127. The Bertz CT molecular complexity index is 2220. The minimum atomic E-state index is 1.17. The maximum atomic E-state index is 3.55. The number of aromatic nitrogens is 2. The molecule has 0 saturated carbocycles. The van der Waals surface area contributed by atoms with E-state index in [2.05, 4.69) is 155 Å². The van der Waals surface area contributed by atoms with E-state index in [4.69, 9.17) is 0 Å². The third-order valence-electron chi connectivity index (χ3n) is 7.92. The van der Waals surface area contributed by atoms with E-state index >= 15 is 0 Å². The largest absolute Gasteiger partial charge is 0.355 e. The number of fused-ring (bicyclic) bond motifs is 7. The molecule has 2 nitrogen and oxygen atoms in total. The van der Waals surface area contributed by atoms with Crippen molar-refractivity contribution in [3.05, 3.63) is 119 Å². The second kappa shape index (κ2) is 8.24. The number of aromatic amines is 1. The summed E-state index contributed by atoms with van der Waals surface area (Å²) in [7, 11) is 2.20. The van der Waals surface area contributed by atoms with E-state index in [1.807, 2.05) is 0 Å². The molecule has 2 heterocycles. The molecular weight excluding hydrogens is 574 g/mol. The maximum Gasteiger partial charge on any atom is 0.140 e. The number of halogens is 1. The lowest BCUT2D eigenvalue weighted by Gasteiger charge is -2.11.